The number of carbonyl (C=O) groups excluding carboxylic acids is 3. The fraction of sp³-hybridized carbons (Fsp3) is 0.438. The average Bonchev–Trinajstić information content (AvgIpc) is 2.72. The molecule has 24 heavy (non-hydrogen) atoms. The molecule has 1 aliphatic rings. The summed E-state index contributed by atoms with van der Waals surface area (Å²) < 4.78 is 22.4. The quantitative estimate of drug-likeness (QED) is 0.604. The Bertz CT molecular complexity index is 801. The molecule has 1 unspecified atom stereocenters. The first-order valence-electron chi connectivity index (χ1n) is 7.48. The number of nitrogens with zero attached hydrogens (tertiary/aromatic N) is 1. The van der Waals surface area contributed by atoms with E-state index in [4.69, 9.17) is 0 Å². The Labute approximate surface area is 140 Å². The summed E-state index contributed by atoms with van der Waals surface area (Å²) in [6.07, 6.45) is 1.06. The highest BCUT2D eigenvalue weighted by molar-refractivity contribution is 7.90. The third-order valence-corrected chi connectivity index (χ3v) is 4.85. The molecule has 3 amide bonds. The lowest BCUT2D eigenvalue weighted by atomic mass is 10.0. The summed E-state index contributed by atoms with van der Waals surface area (Å²) in [5, 5.41) is 2.43. The standard InChI is InChI=1S/C16H20N2O5S/c1-10-4-5-12(11(2)8-10)14(19)9-18-15(20)13(17-16(18)21)6-7-24(3,22)23/h4-5,8,13H,6-7,9H2,1-3H3,(H,17,21). The van der Waals surface area contributed by atoms with Crippen molar-refractivity contribution in [3.63, 3.8) is 0 Å². The molecule has 1 aromatic rings. The van der Waals surface area contributed by atoms with Gasteiger partial charge in [0, 0.05) is 11.8 Å². The molecule has 0 bridgehead atoms. The third kappa shape index (κ3) is 4.19. The molecular weight excluding hydrogens is 332 g/mol. The predicted molar refractivity (Wildman–Crippen MR) is 88.6 cm³/mol. The van der Waals surface area contributed by atoms with Crippen LogP contribution in [0.5, 0.6) is 0 Å². The molecule has 1 heterocycles. The van der Waals surface area contributed by atoms with Crippen LogP contribution < -0.4 is 5.32 Å². The molecule has 8 heteroatoms. The molecule has 0 aromatic heterocycles. The zero-order valence-electron chi connectivity index (χ0n) is 13.8. The van der Waals surface area contributed by atoms with E-state index in [1.165, 1.54) is 0 Å². The molecule has 1 fully saturated rings. The smallest absolute Gasteiger partial charge is 0.325 e. The molecule has 1 atom stereocenters. The molecular formula is C16H20N2O5S. The maximum atomic E-state index is 12.4. The van der Waals surface area contributed by atoms with Crippen LogP contribution in [0, 0.1) is 13.8 Å². The summed E-state index contributed by atoms with van der Waals surface area (Å²) in [5.41, 5.74) is 2.25. The number of ketones is 1. The van der Waals surface area contributed by atoms with Gasteiger partial charge in [-0.2, -0.15) is 0 Å². The molecule has 7 nitrogen and oxygen atoms in total. The highest BCUT2D eigenvalue weighted by Crippen LogP contribution is 2.15. The lowest BCUT2D eigenvalue weighted by Gasteiger charge is -2.13. The predicted octanol–water partition coefficient (Wildman–Crippen LogP) is 0.841. The van der Waals surface area contributed by atoms with Gasteiger partial charge in [0.2, 0.25) is 0 Å². The molecule has 0 spiro atoms. The van der Waals surface area contributed by atoms with E-state index in [9.17, 15) is 22.8 Å². The summed E-state index contributed by atoms with van der Waals surface area (Å²) in [4.78, 5) is 37.4. The van der Waals surface area contributed by atoms with Crippen molar-refractivity contribution in [1.82, 2.24) is 10.2 Å². The first kappa shape index (κ1) is 18.1. The van der Waals surface area contributed by atoms with Gasteiger partial charge in [0.15, 0.2) is 5.78 Å². The second kappa shape index (κ2) is 6.72. The molecule has 0 saturated carbocycles. The molecule has 1 N–H and O–H groups in total. The number of Topliss-reactive ketones (excluding diaryl/α,β-unsaturated/α-hetero) is 1. The molecule has 1 saturated heterocycles. The van der Waals surface area contributed by atoms with Crippen molar-refractivity contribution in [2.45, 2.75) is 26.3 Å². The second-order valence-electron chi connectivity index (χ2n) is 6.09. The summed E-state index contributed by atoms with van der Waals surface area (Å²) in [5.74, 6) is -1.11. The Hall–Kier alpha value is -2.22. The molecule has 0 radical (unpaired) electrons. The van der Waals surface area contributed by atoms with Crippen molar-refractivity contribution in [1.29, 1.82) is 0 Å². The second-order valence-corrected chi connectivity index (χ2v) is 8.35. The Morgan fingerprint density at radius 2 is 1.92 bits per heavy atom. The third-order valence-electron chi connectivity index (χ3n) is 3.87. The number of imide groups is 1. The zero-order chi connectivity index (χ0) is 18.1. The lowest BCUT2D eigenvalue weighted by molar-refractivity contribution is -0.127. The number of sulfone groups is 1. The largest absolute Gasteiger partial charge is 0.326 e. The lowest BCUT2D eigenvalue weighted by Crippen LogP contribution is -2.36. The van der Waals surface area contributed by atoms with E-state index < -0.39 is 27.8 Å². The van der Waals surface area contributed by atoms with Crippen molar-refractivity contribution in [2.24, 2.45) is 0 Å². The van der Waals surface area contributed by atoms with Gasteiger partial charge in [0.1, 0.15) is 15.9 Å². The van der Waals surface area contributed by atoms with Crippen LogP contribution in [0.25, 0.3) is 0 Å². The van der Waals surface area contributed by atoms with Crippen molar-refractivity contribution in [2.75, 3.05) is 18.6 Å². The van der Waals surface area contributed by atoms with E-state index >= 15 is 0 Å². The molecule has 2 rings (SSSR count). The minimum Gasteiger partial charge on any atom is -0.326 e. The van der Waals surface area contributed by atoms with Gasteiger partial charge in [0.05, 0.1) is 12.3 Å². The van der Waals surface area contributed by atoms with Gasteiger partial charge in [-0.25, -0.2) is 13.2 Å². The Balaban J connectivity index is 2.08. The van der Waals surface area contributed by atoms with E-state index in [0.29, 0.717) is 5.56 Å². The normalized spacial score (nSPS) is 18.0. The molecule has 0 aliphatic carbocycles. The van der Waals surface area contributed by atoms with E-state index in [-0.39, 0.29) is 24.5 Å². The maximum absolute atomic E-state index is 12.4. The van der Waals surface area contributed by atoms with Gasteiger partial charge >= 0.3 is 6.03 Å². The van der Waals surface area contributed by atoms with Crippen LogP contribution in [0.15, 0.2) is 18.2 Å². The van der Waals surface area contributed by atoms with Crippen molar-refractivity contribution < 1.29 is 22.8 Å². The van der Waals surface area contributed by atoms with Crippen LogP contribution in [0.2, 0.25) is 0 Å². The highest BCUT2D eigenvalue weighted by atomic mass is 32.2. The Morgan fingerprint density at radius 3 is 2.50 bits per heavy atom. The van der Waals surface area contributed by atoms with Crippen LogP contribution in [0.1, 0.15) is 27.9 Å². The molecule has 130 valence electrons. The van der Waals surface area contributed by atoms with E-state index in [2.05, 4.69) is 5.32 Å². The number of benzene rings is 1. The van der Waals surface area contributed by atoms with Gasteiger partial charge in [-0.05, 0) is 25.8 Å². The number of hydrogen-bond acceptors (Lipinski definition) is 5. The van der Waals surface area contributed by atoms with Gasteiger partial charge < -0.3 is 5.32 Å². The van der Waals surface area contributed by atoms with Crippen molar-refractivity contribution in [3.8, 4) is 0 Å². The van der Waals surface area contributed by atoms with Crippen LogP contribution in [0.3, 0.4) is 0 Å². The van der Waals surface area contributed by atoms with Crippen LogP contribution in [-0.2, 0) is 14.6 Å². The van der Waals surface area contributed by atoms with Crippen molar-refractivity contribution in [3.05, 3.63) is 34.9 Å². The van der Waals surface area contributed by atoms with E-state index in [1.54, 1.807) is 19.1 Å². The van der Waals surface area contributed by atoms with Crippen LogP contribution in [0.4, 0.5) is 4.79 Å². The topological polar surface area (TPSA) is 101 Å². The SMILES string of the molecule is Cc1ccc(C(=O)CN2C(=O)NC(CCS(C)(=O)=O)C2=O)c(C)c1. The number of hydrogen-bond donors (Lipinski definition) is 1. The van der Waals surface area contributed by atoms with Crippen LogP contribution >= 0.6 is 0 Å². The number of aryl methyl sites for hydroxylation is 2. The maximum Gasteiger partial charge on any atom is 0.325 e. The van der Waals surface area contributed by atoms with Gasteiger partial charge in [-0.3, -0.25) is 14.5 Å². The Morgan fingerprint density at radius 1 is 1.25 bits per heavy atom. The summed E-state index contributed by atoms with van der Waals surface area (Å²) in [7, 11) is -3.23. The highest BCUT2D eigenvalue weighted by Gasteiger charge is 2.39. The number of nitrogens with one attached hydrogen (secondary N) is 1. The summed E-state index contributed by atoms with van der Waals surface area (Å²) >= 11 is 0. The number of rotatable bonds is 6. The Kier molecular flexibility index (Phi) is 5.08. The van der Waals surface area contributed by atoms with Gasteiger partial charge in [0.25, 0.3) is 5.91 Å². The van der Waals surface area contributed by atoms with Crippen LogP contribution in [-0.4, -0.2) is 55.6 Å². The van der Waals surface area contributed by atoms with Gasteiger partial charge in [-0.1, -0.05) is 23.8 Å². The first-order valence-corrected chi connectivity index (χ1v) is 9.54. The fourth-order valence-corrected chi connectivity index (χ4v) is 3.27. The minimum atomic E-state index is -3.23. The first-order chi connectivity index (χ1) is 11.1. The summed E-state index contributed by atoms with van der Waals surface area (Å²) in [6.45, 7) is 3.34. The molecule has 1 aliphatic heterocycles. The zero-order valence-corrected chi connectivity index (χ0v) is 14.6. The molecule has 1 aromatic carbocycles. The van der Waals surface area contributed by atoms with E-state index in [0.717, 1.165) is 22.3 Å². The number of amides is 3. The number of urea groups is 1. The average molecular weight is 352 g/mol. The fourth-order valence-electron chi connectivity index (χ4n) is 2.61. The van der Waals surface area contributed by atoms with Gasteiger partial charge in [-0.15, -0.1) is 0 Å². The van der Waals surface area contributed by atoms with E-state index in [1.807, 2.05) is 13.0 Å². The monoisotopic (exact) mass is 352 g/mol. The number of carbonyl (C=O) groups is 3. The minimum absolute atomic E-state index is 0.00232. The summed E-state index contributed by atoms with van der Waals surface area (Å²) in [6, 6.07) is 3.75. The van der Waals surface area contributed by atoms with Crippen molar-refractivity contribution >= 4 is 27.6 Å².